The van der Waals surface area contributed by atoms with Crippen LogP contribution in [-0.2, 0) is 45.1 Å². The maximum atomic E-state index is 12.7. The van der Waals surface area contributed by atoms with Gasteiger partial charge in [-0.1, -0.05) is 54.6 Å². The van der Waals surface area contributed by atoms with Crippen molar-refractivity contribution in [2.75, 3.05) is 10.6 Å². The molecule has 2 aromatic heterocycles. The Kier molecular flexibility index (Phi) is 12.0. The number of nitriles is 2. The van der Waals surface area contributed by atoms with Gasteiger partial charge in [0.05, 0.1) is 5.69 Å². The molecule has 0 aliphatic heterocycles. The monoisotopic (exact) mass is 772 g/mol. The van der Waals surface area contributed by atoms with E-state index in [1.807, 2.05) is 54.6 Å². The van der Waals surface area contributed by atoms with Crippen LogP contribution in [0.5, 0.6) is 0 Å². The summed E-state index contributed by atoms with van der Waals surface area (Å²) in [7, 11) is 0. The lowest BCUT2D eigenvalue weighted by atomic mass is 10.1. The molecule has 0 saturated heterocycles. The number of benzene rings is 4. The highest BCUT2D eigenvalue weighted by Gasteiger charge is 2.18. The quantitative estimate of drug-likeness (QED) is 0.0594. The normalized spacial score (nSPS) is 12.1. The van der Waals surface area contributed by atoms with Gasteiger partial charge in [-0.2, -0.15) is 10.5 Å². The summed E-state index contributed by atoms with van der Waals surface area (Å²) in [5.41, 5.74) is 6.27. The minimum Gasteiger partial charge on any atom is -0.480 e. The van der Waals surface area contributed by atoms with Crippen molar-refractivity contribution in [3.63, 3.8) is 0 Å². The highest BCUT2D eigenvalue weighted by Crippen LogP contribution is 2.27. The van der Waals surface area contributed by atoms with Gasteiger partial charge in [-0.15, -0.1) is 0 Å². The molecule has 0 bridgehead atoms. The number of fused-ring (bicyclic) bond motifs is 3. The fourth-order valence-electron chi connectivity index (χ4n) is 6.88. The fraction of sp³-hybridized carbons (Fsp3) is 0.133. The van der Waals surface area contributed by atoms with Crippen LogP contribution >= 0.6 is 0 Å². The summed E-state index contributed by atoms with van der Waals surface area (Å²) in [5, 5.41) is 44.2. The van der Waals surface area contributed by atoms with Gasteiger partial charge in [0.25, 0.3) is 11.8 Å². The number of carbonyl (C=O) groups excluding carboxylic acids is 3. The van der Waals surface area contributed by atoms with Crippen LogP contribution in [0.1, 0.15) is 46.0 Å². The van der Waals surface area contributed by atoms with E-state index in [1.54, 1.807) is 70.1 Å². The Morgan fingerprint density at radius 1 is 0.672 bits per heavy atom. The Hall–Kier alpha value is -8.03. The van der Waals surface area contributed by atoms with E-state index in [9.17, 15) is 34.5 Å². The number of hydrogen-bond acceptors (Lipinski definition) is 7. The van der Waals surface area contributed by atoms with E-state index in [1.165, 1.54) is 30.2 Å². The number of para-hydroxylation sites is 3. The standard InChI is InChI=1S/C23H19N3O3.C22H17N3O4/c24-12-17(23(29)25-19-9-8-15-4-3-5-16(15)11-19)10-18-13-26(14-22(27)28)21-7-2-1-6-20(18)21;1-14(26)17-6-2-4-8-19(17)24-22(29)15(11-23)10-16-12-25(13-21(27)28)20-9-5-3-7-18(16)20/h1-2,6-11,13H,3-5,14H2,(H,25,29)(H,27,28);2-10,12H,13H2,1H3,(H,24,29)(H,27,28)/b17-10+;15-10+. The first-order valence-corrected chi connectivity index (χ1v) is 18.1. The van der Waals surface area contributed by atoms with Crippen LogP contribution in [-0.4, -0.2) is 48.9 Å². The van der Waals surface area contributed by atoms with Crippen LogP contribution in [0, 0.1) is 22.7 Å². The largest absolute Gasteiger partial charge is 0.480 e. The lowest BCUT2D eigenvalue weighted by Crippen LogP contribution is -2.15. The number of carboxylic acids is 2. The molecule has 4 aromatic carbocycles. The van der Waals surface area contributed by atoms with Gasteiger partial charge in [-0.25, -0.2) is 0 Å². The van der Waals surface area contributed by atoms with E-state index in [4.69, 9.17) is 10.2 Å². The van der Waals surface area contributed by atoms with Crippen LogP contribution < -0.4 is 10.6 Å². The molecule has 0 atom stereocenters. The fourth-order valence-corrected chi connectivity index (χ4v) is 6.88. The number of aromatic nitrogens is 2. The van der Waals surface area contributed by atoms with Gasteiger partial charge in [-0.3, -0.25) is 24.0 Å². The second kappa shape index (κ2) is 17.6. The molecule has 13 nitrogen and oxygen atoms in total. The van der Waals surface area contributed by atoms with Gasteiger partial charge < -0.3 is 30.0 Å². The first-order chi connectivity index (χ1) is 27.9. The molecule has 2 amide bonds. The van der Waals surface area contributed by atoms with Crippen molar-refractivity contribution < 1.29 is 34.2 Å². The Bertz CT molecular complexity index is 2780. The van der Waals surface area contributed by atoms with E-state index in [-0.39, 0.29) is 30.0 Å². The molecular weight excluding hydrogens is 737 g/mol. The minimum absolute atomic E-state index is 0.0382. The van der Waals surface area contributed by atoms with Gasteiger partial charge in [-0.05, 0) is 85.9 Å². The smallest absolute Gasteiger partial charge is 0.323 e. The van der Waals surface area contributed by atoms with Crippen LogP contribution in [0.15, 0.2) is 115 Å². The second-order valence-electron chi connectivity index (χ2n) is 13.4. The van der Waals surface area contributed by atoms with Crippen molar-refractivity contribution in [2.45, 2.75) is 39.3 Å². The highest BCUT2D eigenvalue weighted by atomic mass is 16.4. The van der Waals surface area contributed by atoms with Crippen LogP contribution in [0.3, 0.4) is 0 Å². The molecule has 7 rings (SSSR count). The summed E-state index contributed by atoms with van der Waals surface area (Å²) in [4.78, 5) is 59.3. The molecule has 0 unspecified atom stereocenters. The number of carboxylic acid groups (broad SMARTS) is 2. The number of anilines is 2. The van der Waals surface area contributed by atoms with Gasteiger partial charge in [0.1, 0.15) is 36.4 Å². The Balaban J connectivity index is 0.000000196. The van der Waals surface area contributed by atoms with Gasteiger partial charge in [0.15, 0.2) is 5.78 Å². The predicted molar refractivity (Wildman–Crippen MR) is 219 cm³/mol. The summed E-state index contributed by atoms with van der Waals surface area (Å²) in [5.74, 6) is -3.31. The number of ketones is 1. The predicted octanol–water partition coefficient (Wildman–Crippen LogP) is 7.23. The third-order valence-corrected chi connectivity index (χ3v) is 9.49. The number of carbonyl (C=O) groups is 5. The van der Waals surface area contributed by atoms with Crippen molar-refractivity contribution in [1.29, 1.82) is 10.5 Å². The summed E-state index contributed by atoms with van der Waals surface area (Å²) in [6, 6.07) is 30.7. The number of hydrogen-bond donors (Lipinski definition) is 4. The number of nitrogens with one attached hydrogen (secondary N) is 2. The molecule has 1 aliphatic carbocycles. The van der Waals surface area contributed by atoms with Gasteiger partial charge >= 0.3 is 11.9 Å². The molecule has 4 N–H and O–H groups in total. The van der Waals surface area contributed by atoms with Crippen LogP contribution in [0.4, 0.5) is 11.4 Å². The maximum Gasteiger partial charge on any atom is 0.323 e. The molecule has 13 heteroatoms. The van der Waals surface area contributed by atoms with E-state index in [0.29, 0.717) is 33.6 Å². The number of nitrogens with zero attached hydrogens (tertiary/aromatic N) is 4. The third-order valence-electron chi connectivity index (χ3n) is 9.49. The topological polar surface area (TPSA) is 207 Å². The summed E-state index contributed by atoms with van der Waals surface area (Å²) in [6.07, 6.45) is 9.34. The van der Waals surface area contributed by atoms with Crippen LogP contribution in [0.25, 0.3) is 34.0 Å². The van der Waals surface area contributed by atoms with Crippen LogP contribution in [0.2, 0.25) is 0 Å². The summed E-state index contributed by atoms with van der Waals surface area (Å²) < 4.78 is 3.14. The third kappa shape index (κ3) is 9.08. The molecule has 2 heterocycles. The summed E-state index contributed by atoms with van der Waals surface area (Å²) in [6.45, 7) is 0.954. The molecule has 6 aromatic rings. The molecule has 0 radical (unpaired) electrons. The van der Waals surface area contributed by atoms with Crippen molar-refractivity contribution in [2.24, 2.45) is 0 Å². The first kappa shape index (κ1) is 39.7. The number of amides is 2. The average Bonchev–Trinajstić information content (AvgIpc) is 3.91. The number of Topliss-reactive ketones (excluding diaryl/α,β-unsaturated/α-hetero) is 1. The molecular formula is C45H36N6O7. The van der Waals surface area contributed by atoms with E-state index in [0.717, 1.165) is 35.6 Å². The number of rotatable bonds is 11. The molecule has 0 saturated carbocycles. The SMILES string of the molecule is CC(=O)c1ccccc1NC(=O)/C(C#N)=C/c1cn(CC(=O)O)c2ccccc12.N#C/C(=C\c1cn(CC(=O)O)c2ccccc12)C(=O)Nc1ccc2c(c1)CCC2. The summed E-state index contributed by atoms with van der Waals surface area (Å²) >= 11 is 0. The first-order valence-electron chi connectivity index (χ1n) is 18.1. The lowest BCUT2D eigenvalue weighted by Gasteiger charge is -2.08. The highest BCUT2D eigenvalue weighted by molar-refractivity contribution is 6.13. The zero-order valence-electron chi connectivity index (χ0n) is 31.2. The Morgan fingerprint density at radius 3 is 1.71 bits per heavy atom. The number of aryl methyl sites for hydroxylation is 2. The molecule has 58 heavy (non-hydrogen) atoms. The second-order valence-corrected chi connectivity index (χ2v) is 13.4. The van der Waals surface area contributed by atoms with Crippen molar-refractivity contribution >= 4 is 74.9 Å². The molecule has 0 fully saturated rings. The molecule has 1 aliphatic rings. The zero-order chi connectivity index (χ0) is 41.3. The average molecular weight is 773 g/mol. The zero-order valence-corrected chi connectivity index (χ0v) is 31.2. The molecule has 0 spiro atoms. The maximum absolute atomic E-state index is 12.7. The van der Waals surface area contributed by atoms with Gasteiger partial charge in [0, 0.05) is 56.6 Å². The Morgan fingerprint density at radius 2 is 1.17 bits per heavy atom. The minimum atomic E-state index is -1.000. The van der Waals surface area contributed by atoms with Crippen molar-refractivity contribution in [1.82, 2.24) is 9.13 Å². The number of aliphatic carboxylic acids is 2. The van der Waals surface area contributed by atoms with E-state index in [2.05, 4.69) is 10.6 Å². The van der Waals surface area contributed by atoms with Gasteiger partial charge in [0.2, 0.25) is 0 Å². The van der Waals surface area contributed by atoms with E-state index < -0.39 is 23.8 Å². The lowest BCUT2D eigenvalue weighted by molar-refractivity contribution is -0.138. The van der Waals surface area contributed by atoms with Crippen molar-refractivity contribution in [3.05, 3.63) is 142 Å². The Labute approximate surface area is 332 Å². The molecule has 288 valence electrons. The van der Waals surface area contributed by atoms with E-state index >= 15 is 0 Å². The van der Waals surface area contributed by atoms with Crippen molar-refractivity contribution in [3.8, 4) is 12.1 Å².